The number of hydrogen-bond acceptors (Lipinski definition) is 5. The van der Waals surface area contributed by atoms with Crippen LogP contribution in [0.2, 0.25) is 0 Å². The van der Waals surface area contributed by atoms with Crippen molar-refractivity contribution in [2.75, 3.05) is 11.9 Å². The van der Waals surface area contributed by atoms with Gasteiger partial charge in [0, 0.05) is 16.9 Å². The van der Waals surface area contributed by atoms with E-state index >= 15 is 0 Å². The van der Waals surface area contributed by atoms with Crippen LogP contribution < -0.4 is 15.4 Å². The zero-order valence-electron chi connectivity index (χ0n) is 12.8. The molecular formula is C16H19N3O3S. The van der Waals surface area contributed by atoms with Crippen molar-refractivity contribution in [3.8, 4) is 5.75 Å². The second-order valence-electron chi connectivity index (χ2n) is 6.79. The molecule has 0 aromatic heterocycles. The number of amides is 2. The third-order valence-electron chi connectivity index (χ3n) is 5.37. The van der Waals surface area contributed by atoms with E-state index in [1.165, 1.54) is 5.56 Å². The molecule has 1 aromatic carbocycles. The largest absolute Gasteiger partial charge is 0.493 e. The fourth-order valence-electron chi connectivity index (χ4n) is 4.37. The fourth-order valence-corrected chi connectivity index (χ4v) is 5.66. The number of benzene rings is 1. The Hall–Kier alpha value is -1.60. The van der Waals surface area contributed by atoms with Gasteiger partial charge in [0.05, 0.1) is 30.5 Å². The molecule has 4 atom stereocenters. The Morgan fingerprint density at radius 1 is 1.43 bits per heavy atom. The molecule has 1 saturated carbocycles. The highest BCUT2D eigenvalue weighted by molar-refractivity contribution is 8.01. The average Bonchev–Trinajstić information content (AvgIpc) is 3.22. The summed E-state index contributed by atoms with van der Waals surface area (Å²) in [5, 5.41) is 16.9. The number of aliphatic hydroxyl groups excluding tert-OH is 1. The first-order valence-corrected chi connectivity index (χ1v) is 8.92. The molecule has 1 aromatic rings. The number of aliphatic hydroxyl groups is 1. The van der Waals surface area contributed by atoms with E-state index in [1.54, 1.807) is 11.8 Å². The third kappa shape index (κ3) is 1.77. The van der Waals surface area contributed by atoms with Crippen LogP contribution in [0.25, 0.3) is 0 Å². The van der Waals surface area contributed by atoms with Gasteiger partial charge in [0.1, 0.15) is 5.75 Å². The molecule has 2 fully saturated rings. The number of anilines is 1. The van der Waals surface area contributed by atoms with Gasteiger partial charge in [-0.3, -0.25) is 4.90 Å². The molecule has 1 unspecified atom stereocenters. The lowest BCUT2D eigenvalue weighted by atomic mass is 10.1. The number of carbonyl (C=O) groups excluding carboxylic acids is 1. The highest BCUT2D eigenvalue weighted by Gasteiger charge is 2.56. The molecule has 3 aliphatic heterocycles. The van der Waals surface area contributed by atoms with Crippen molar-refractivity contribution in [2.45, 2.75) is 54.3 Å². The van der Waals surface area contributed by atoms with E-state index in [4.69, 9.17) is 4.74 Å². The summed E-state index contributed by atoms with van der Waals surface area (Å²) in [4.78, 5) is 14.9. The molecule has 0 radical (unpaired) electrons. The number of hydrogen-bond donors (Lipinski definition) is 3. The minimum absolute atomic E-state index is 0.0504. The van der Waals surface area contributed by atoms with Crippen LogP contribution in [0.4, 0.5) is 10.5 Å². The lowest BCUT2D eigenvalue weighted by Gasteiger charge is -2.39. The van der Waals surface area contributed by atoms with Crippen LogP contribution in [0.5, 0.6) is 5.75 Å². The summed E-state index contributed by atoms with van der Waals surface area (Å²) < 4.78 is 5.64. The van der Waals surface area contributed by atoms with Crippen LogP contribution in [0.1, 0.15) is 25.3 Å². The van der Waals surface area contributed by atoms with Crippen LogP contribution in [0, 0.1) is 0 Å². The van der Waals surface area contributed by atoms with Crippen LogP contribution in [-0.4, -0.2) is 45.8 Å². The minimum Gasteiger partial charge on any atom is -0.493 e. The number of ether oxygens (including phenoxy) is 1. The van der Waals surface area contributed by atoms with Gasteiger partial charge >= 0.3 is 6.03 Å². The normalized spacial score (nSPS) is 37.0. The van der Waals surface area contributed by atoms with E-state index in [0.717, 1.165) is 35.6 Å². The molecular weight excluding hydrogens is 314 g/mol. The van der Waals surface area contributed by atoms with Crippen molar-refractivity contribution in [2.24, 2.45) is 0 Å². The molecule has 0 bridgehead atoms. The maximum absolute atomic E-state index is 12.5. The summed E-state index contributed by atoms with van der Waals surface area (Å²) in [6, 6.07) is 3.86. The van der Waals surface area contributed by atoms with Gasteiger partial charge in [0.25, 0.3) is 0 Å². The van der Waals surface area contributed by atoms with Crippen molar-refractivity contribution in [3.05, 3.63) is 17.7 Å². The van der Waals surface area contributed by atoms with Gasteiger partial charge in [0.15, 0.2) is 4.99 Å². The fraction of sp³-hybridized carbons (Fsp3) is 0.562. The van der Waals surface area contributed by atoms with Gasteiger partial charge in [-0.25, -0.2) is 4.79 Å². The molecule has 1 aliphatic carbocycles. The Labute approximate surface area is 138 Å². The lowest BCUT2D eigenvalue weighted by Crippen LogP contribution is -2.55. The molecule has 2 amide bonds. The SMILES string of the molecule is CC1(N2C(=O)N[C@H]3CC[C@H](O)[C@H]32)Nc2c(ccc3c2CCO3)S1. The van der Waals surface area contributed by atoms with E-state index in [-0.39, 0.29) is 18.1 Å². The van der Waals surface area contributed by atoms with Gasteiger partial charge in [-0.2, -0.15) is 0 Å². The molecule has 3 N–H and O–H groups in total. The van der Waals surface area contributed by atoms with E-state index in [2.05, 4.69) is 16.7 Å². The number of fused-ring (bicyclic) bond motifs is 4. The van der Waals surface area contributed by atoms with E-state index in [0.29, 0.717) is 6.61 Å². The Morgan fingerprint density at radius 3 is 3.17 bits per heavy atom. The van der Waals surface area contributed by atoms with E-state index in [1.807, 2.05) is 17.9 Å². The number of thioether (sulfide) groups is 1. The first-order chi connectivity index (χ1) is 11.1. The van der Waals surface area contributed by atoms with E-state index < -0.39 is 11.1 Å². The molecule has 7 heteroatoms. The maximum Gasteiger partial charge on any atom is 0.320 e. The zero-order chi connectivity index (χ0) is 15.8. The van der Waals surface area contributed by atoms with Crippen LogP contribution in [-0.2, 0) is 6.42 Å². The second-order valence-corrected chi connectivity index (χ2v) is 8.22. The van der Waals surface area contributed by atoms with Crippen molar-refractivity contribution in [3.63, 3.8) is 0 Å². The molecule has 0 spiro atoms. The van der Waals surface area contributed by atoms with Crippen LogP contribution in [0.15, 0.2) is 17.0 Å². The van der Waals surface area contributed by atoms with Gasteiger partial charge < -0.3 is 20.5 Å². The van der Waals surface area contributed by atoms with Gasteiger partial charge in [-0.05, 0) is 31.9 Å². The smallest absolute Gasteiger partial charge is 0.320 e. The molecule has 23 heavy (non-hydrogen) atoms. The first kappa shape index (κ1) is 13.8. The topological polar surface area (TPSA) is 73.8 Å². The summed E-state index contributed by atoms with van der Waals surface area (Å²) in [5.74, 6) is 0.936. The minimum atomic E-state index is -0.588. The summed E-state index contributed by atoms with van der Waals surface area (Å²) >= 11 is 1.64. The quantitative estimate of drug-likeness (QED) is 0.730. The molecule has 6 nitrogen and oxygen atoms in total. The number of carbonyl (C=O) groups is 1. The summed E-state index contributed by atoms with van der Waals surface area (Å²) in [7, 11) is 0. The lowest BCUT2D eigenvalue weighted by molar-refractivity contribution is 0.0822. The Bertz CT molecular complexity index is 712. The van der Waals surface area contributed by atoms with Gasteiger partial charge in [-0.15, -0.1) is 0 Å². The summed E-state index contributed by atoms with van der Waals surface area (Å²) in [6.07, 6.45) is 2.01. The summed E-state index contributed by atoms with van der Waals surface area (Å²) in [6.45, 7) is 2.73. The average molecular weight is 333 g/mol. The number of nitrogens with one attached hydrogen (secondary N) is 2. The van der Waals surface area contributed by atoms with Gasteiger partial charge in [-0.1, -0.05) is 11.8 Å². The molecule has 122 valence electrons. The first-order valence-electron chi connectivity index (χ1n) is 8.10. The van der Waals surface area contributed by atoms with Crippen molar-refractivity contribution in [1.82, 2.24) is 10.2 Å². The predicted octanol–water partition coefficient (Wildman–Crippen LogP) is 1.73. The molecule has 4 aliphatic rings. The maximum atomic E-state index is 12.5. The van der Waals surface area contributed by atoms with Crippen molar-refractivity contribution < 1.29 is 14.6 Å². The monoisotopic (exact) mass is 333 g/mol. The van der Waals surface area contributed by atoms with Crippen LogP contribution >= 0.6 is 11.8 Å². The molecule has 5 rings (SSSR count). The predicted molar refractivity (Wildman–Crippen MR) is 86.7 cm³/mol. The molecule has 3 heterocycles. The Morgan fingerprint density at radius 2 is 2.30 bits per heavy atom. The van der Waals surface area contributed by atoms with Gasteiger partial charge in [0.2, 0.25) is 0 Å². The molecule has 1 saturated heterocycles. The highest BCUT2D eigenvalue weighted by atomic mass is 32.2. The second kappa shape index (κ2) is 4.48. The number of nitrogens with zero attached hydrogens (tertiary/aromatic N) is 1. The number of rotatable bonds is 1. The summed E-state index contributed by atoms with van der Waals surface area (Å²) in [5.41, 5.74) is 2.28. The Balaban J connectivity index is 1.53. The zero-order valence-corrected chi connectivity index (χ0v) is 13.7. The van der Waals surface area contributed by atoms with Crippen molar-refractivity contribution >= 4 is 23.5 Å². The third-order valence-corrected chi connectivity index (χ3v) is 6.63. The Kier molecular flexibility index (Phi) is 2.69. The van der Waals surface area contributed by atoms with Crippen LogP contribution in [0.3, 0.4) is 0 Å². The standard InChI is InChI=1S/C16H19N3O3S/c1-16(19-14-9(17-15(19)21)2-3-10(14)20)18-13-8-6-7-22-11(8)4-5-12(13)23-16/h4-5,9-10,14,18,20H,2-3,6-7H2,1H3,(H,17,21)/t9-,10-,14-,16?/m0/s1. The van der Waals surface area contributed by atoms with Crippen molar-refractivity contribution in [1.29, 1.82) is 0 Å². The van der Waals surface area contributed by atoms with E-state index in [9.17, 15) is 9.90 Å². The number of urea groups is 1. The highest BCUT2D eigenvalue weighted by Crippen LogP contribution is 2.53.